The molecule has 0 saturated carbocycles. The summed E-state index contributed by atoms with van der Waals surface area (Å²) < 4.78 is 0. The fraction of sp³-hybridized carbons (Fsp3) is 0.857. The van der Waals surface area contributed by atoms with E-state index in [1.165, 1.54) is 0 Å². The Kier molecular flexibility index (Phi) is 4.94. The van der Waals surface area contributed by atoms with Crippen molar-refractivity contribution in [3.8, 4) is 0 Å². The van der Waals surface area contributed by atoms with Crippen LogP contribution in [0, 0.1) is 5.92 Å². The molecule has 0 radical (unpaired) electrons. The van der Waals surface area contributed by atoms with E-state index in [2.05, 4.69) is 5.32 Å². The minimum absolute atomic E-state index is 0.0808. The highest BCUT2D eigenvalue weighted by atomic mass is 16.1. The van der Waals surface area contributed by atoms with Crippen molar-refractivity contribution in [3.63, 3.8) is 0 Å². The molecule has 0 heterocycles. The first-order valence-corrected chi connectivity index (χ1v) is 3.65. The Balaban J connectivity index is 3.52. The van der Waals surface area contributed by atoms with Gasteiger partial charge in [-0.25, -0.2) is 0 Å². The third-order valence-electron chi connectivity index (χ3n) is 1.66. The second-order valence-corrected chi connectivity index (χ2v) is 2.39. The quantitative estimate of drug-likeness (QED) is 0.588. The van der Waals surface area contributed by atoms with Crippen molar-refractivity contribution in [2.24, 2.45) is 11.7 Å². The molecule has 3 heteroatoms. The van der Waals surface area contributed by atoms with Crippen LogP contribution in [-0.2, 0) is 4.79 Å². The van der Waals surface area contributed by atoms with E-state index < -0.39 is 0 Å². The van der Waals surface area contributed by atoms with Gasteiger partial charge >= 0.3 is 0 Å². The van der Waals surface area contributed by atoms with Gasteiger partial charge in [0.05, 0.1) is 0 Å². The van der Waals surface area contributed by atoms with Crippen LogP contribution in [0.15, 0.2) is 0 Å². The molecule has 0 aliphatic heterocycles. The lowest BCUT2D eigenvalue weighted by molar-refractivity contribution is -0.121. The topological polar surface area (TPSA) is 55.1 Å². The number of nitrogens with two attached hydrogens (primary N) is 1. The van der Waals surface area contributed by atoms with Gasteiger partial charge in [0.1, 0.15) is 0 Å². The van der Waals surface area contributed by atoms with Gasteiger partial charge in [-0.15, -0.1) is 0 Å². The Labute approximate surface area is 62.0 Å². The smallest absolute Gasteiger partial charge is 0.220 e. The van der Waals surface area contributed by atoms with Crippen molar-refractivity contribution in [2.75, 3.05) is 13.6 Å². The molecule has 3 nitrogen and oxygen atoms in total. The first-order chi connectivity index (χ1) is 4.74. The van der Waals surface area contributed by atoms with Crippen LogP contribution in [0.25, 0.3) is 0 Å². The SMILES string of the molecule is CCC(CN)CC(=O)NC. The molecule has 0 aromatic heterocycles. The molecule has 0 fully saturated rings. The average molecular weight is 144 g/mol. The predicted octanol–water partition coefficient (Wildman–Crippen LogP) is 0.107. The van der Waals surface area contributed by atoms with E-state index in [9.17, 15) is 4.79 Å². The van der Waals surface area contributed by atoms with E-state index in [0.717, 1.165) is 6.42 Å². The van der Waals surface area contributed by atoms with E-state index in [1.54, 1.807) is 7.05 Å². The largest absolute Gasteiger partial charge is 0.359 e. The summed E-state index contributed by atoms with van der Waals surface area (Å²) in [5.74, 6) is 0.428. The molecule has 0 rings (SSSR count). The molecule has 60 valence electrons. The minimum atomic E-state index is 0.0808. The van der Waals surface area contributed by atoms with E-state index in [0.29, 0.717) is 18.9 Å². The van der Waals surface area contributed by atoms with Gasteiger partial charge in [0.15, 0.2) is 0 Å². The van der Waals surface area contributed by atoms with E-state index in [1.807, 2.05) is 6.92 Å². The fourth-order valence-electron chi connectivity index (χ4n) is 0.759. The second kappa shape index (κ2) is 5.23. The van der Waals surface area contributed by atoms with Crippen LogP contribution < -0.4 is 11.1 Å². The monoisotopic (exact) mass is 144 g/mol. The molecule has 0 spiro atoms. The molecular formula is C7H16N2O. The van der Waals surface area contributed by atoms with Crippen molar-refractivity contribution in [2.45, 2.75) is 19.8 Å². The highest BCUT2D eigenvalue weighted by Crippen LogP contribution is 2.04. The molecular weight excluding hydrogens is 128 g/mol. The van der Waals surface area contributed by atoms with Crippen LogP contribution in [0.3, 0.4) is 0 Å². The molecule has 1 amide bonds. The van der Waals surface area contributed by atoms with Gasteiger partial charge in [-0.05, 0) is 12.5 Å². The van der Waals surface area contributed by atoms with Gasteiger partial charge in [0.2, 0.25) is 5.91 Å². The standard InChI is InChI=1S/C7H16N2O/c1-3-6(5-8)4-7(10)9-2/h6H,3-5,8H2,1-2H3,(H,9,10). The summed E-state index contributed by atoms with van der Waals surface area (Å²) in [7, 11) is 1.64. The van der Waals surface area contributed by atoms with Gasteiger partial charge in [0, 0.05) is 13.5 Å². The number of hydrogen-bond acceptors (Lipinski definition) is 2. The average Bonchev–Trinajstić information content (AvgIpc) is 1.99. The van der Waals surface area contributed by atoms with Gasteiger partial charge < -0.3 is 11.1 Å². The normalized spacial score (nSPS) is 12.7. The first kappa shape index (κ1) is 9.43. The molecule has 0 bridgehead atoms. The maximum atomic E-state index is 10.8. The Morgan fingerprint density at radius 1 is 1.70 bits per heavy atom. The number of nitrogens with one attached hydrogen (secondary N) is 1. The minimum Gasteiger partial charge on any atom is -0.359 e. The Hall–Kier alpha value is -0.570. The Morgan fingerprint density at radius 3 is 2.60 bits per heavy atom. The maximum Gasteiger partial charge on any atom is 0.220 e. The molecule has 3 N–H and O–H groups in total. The zero-order valence-electron chi connectivity index (χ0n) is 6.68. The van der Waals surface area contributed by atoms with Crippen LogP contribution in [0.1, 0.15) is 19.8 Å². The van der Waals surface area contributed by atoms with Crippen LogP contribution in [0.4, 0.5) is 0 Å². The van der Waals surface area contributed by atoms with Crippen molar-refractivity contribution >= 4 is 5.91 Å². The van der Waals surface area contributed by atoms with Crippen LogP contribution in [0.2, 0.25) is 0 Å². The summed E-state index contributed by atoms with van der Waals surface area (Å²) in [6.45, 7) is 2.64. The summed E-state index contributed by atoms with van der Waals surface area (Å²) in [5, 5.41) is 2.57. The molecule has 1 unspecified atom stereocenters. The number of carbonyl (C=O) groups is 1. The zero-order chi connectivity index (χ0) is 7.98. The molecule has 0 aromatic carbocycles. The lowest BCUT2D eigenvalue weighted by Crippen LogP contribution is -2.24. The number of carbonyl (C=O) groups excluding carboxylic acids is 1. The van der Waals surface area contributed by atoms with Crippen LogP contribution >= 0.6 is 0 Å². The first-order valence-electron chi connectivity index (χ1n) is 3.65. The third kappa shape index (κ3) is 3.45. The van der Waals surface area contributed by atoms with Gasteiger partial charge in [-0.1, -0.05) is 13.3 Å². The van der Waals surface area contributed by atoms with E-state index in [-0.39, 0.29) is 5.91 Å². The third-order valence-corrected chi connectivity index (χ3v) is 1.66. The molecule has 10 heavy (non-hydrogen) atoms. The summed E-state index contributed by atoms with van der Waals surface area (Å²) in [6.07, 6.45) is 1.54. The summed E-state index contributed by atoms with van der Waals surface area (Å²) >= 11 is 0. The lowest BCUT2D eigenvalue weighted by atomic mass is 10.0. The lowest BCUT2D eigenvalue weighted by Gasteiger charge is -2.09. The van der Waals surface area contributed by atoms with Gasteiger partial charge in [-0.3, -0.25) is 4.79 Å². The van der Waals surface area contributed by atoms with Crippen molar-refractivity contribution in [1.82, 2.24) is 5.32 Å². The maximum absolute atomic E-state index is 10.8. The summed E-state index contributed by atoms with van der Waals surface area (Å²) in [4.78, 5) is 10.8. The summed E-state index contributed by atoms with van der Waals surface area (Å²) in [5.41, 5.74) is 5.41. The highest BCUT2D eigenvalue weighted by Gasteiger charge is 2.07. The molecule has 0 aliphatic carbocycles. The van der Waals surface area contributed by atoms with Crippen LogP contribution in [0.5, 0.6) is 0 Å². The Morgan fingerprint density at radius 2 is 2.30 bits per heavy atom. The van der Waals surface area contributed by atoms with Crippen molar-refractivity contribution in [1.29, 1.82) is 0 Å². The second-order valence-electron chi connectivity index (χ2n) is 2.39. The zero-order valence-corrected chi connectivity index (χ0v) is 6.68. The van der Waals surface area contributed by atoms with Crippen LogP contribution in [-0.4, -0.2) is 19.5 Å². The number of hydrogen-bond donors (Lipinski definition) is 2. The van der Waals surface area contributed by atoms with E-state index >= 15 is 0 Å². The number of amides is 1. The highest BCUT2D eigenvalue weighted by molar-refractivity contribution is 5.75. The van der Waals surface area contributed by atoms with E-state index in [4.69, 9.17) is 5.73 Å². The van der Waals surface area contributed by atoms with Crippen molar-refractivity contribution in [3.05, 3.63) is 0 Å². The molecule has 0 aromatic rings. The fourth-order valence-corrected chi connectivity index (χ4v) is 0.759. The predicted molar refractivity (Wildman–Crippen MR) is 41.5 cm³/mol. The Bertz CT molecular complexity index is 99.8. The van der Waals surface area contributed by atoms with Gasteiger partial charge in [0.25, 0.3) is 0 Å². The molecule has 1 atom stereocenters. The van der Waals surface area contributed by atoms with Crippen molar-refractivity contribution < 1.29 is 4.79 Å². The molecule has 0 aliphatic rings. The summed E-state index contributed by atoms with van der Waals surface area (Å²) in [6, 6.07) is 0. The molecule has 0 saturated heterocycles. The van der Waals surface area contributed by atoms with Gasteiger partial charge in [-0.2, -0.15) is 0 Å². The number of rotatable bonds is 4.